The summed E-state index contributed by atoms with van der Waals surface area (Å²) in [4.78, 5) is 22.1. The number of ether oxygens (including phenoxy) is 2. The van der Waals surface area contributed by atoms with E-state index in [-0.39, 0.29) is 12.1 Å². The Labute approximate surface area is 136 Å². The van der Waals surface area contributed by atoms with Gasteiger partial charge in [0.2, 0.25) is 0 Å². The minimum Gasteiger partial charge on any atom is -0.493 e. The number of hydrogen-bond donors (Lipinski definition) is 2. The lowest BCUT2D eigenvalue weighted by Crippen LogP contribution is -2.41. The molecule has 0 aromatic heterocycles. The van der Waals surface area contributed by atoms with Crippen molar-refractivity contribution in [2.75, 3.05) is 7.11 Å². The first kappa shape index (κ1) is 17.1. The molecule has 0 heterocycles. The molecule has 1 aromatic rings. The van der Waals surface area contributed by atoms with Crippen LogP contribution in [0.2, 0.25) is 0 Å². The largest absolute Gasteiger partial charge is 0.493 e. The van der Waals surface area contributed by atoms with Gasteiger partial charge in [0.15, 0.2) is 11.5 Å². The van der Waals surface area contributed by atoms with Crippen LogP contribution in [0.5, 0.6) is 11.5 Å². The van der Waals surface area contributed by atoms with Gasteiger partial charge in [0.05, 0.1) is 13.2 Å². The summed E-state index contributed by atoms with van der Waals surface area (Å²) in [5.74, 6) is -0.315. The van der Waals surface area contributed by atoms with Crippen molar-refractivity contribution in [1.29, 1.82) is 0 Å². The van der Waals surface area contributed by atoms with Crippen LogP contribution in [0.1, 0.15) is 38.2 Å². The Hall–Kier alpha value is -2.24. The van der Waals surface area contributed by atoms with Crippen molar-refractivity contribution in [1.82, 2.24) is 5.32 Å². The highest BCUT2D eigenvalue weighted by molar-refractivity contribution is 6.34. The van der Waals surface area contributed by atoms with E-state index < -0.39 is 11.8 Å². The molecule has 1 unspecified atom stereocenters. The van der Waals surface area contributed by atoms with Gasteiger partial charge >= 0.3 is 11.8 Å². The van der Waals surface area contributed by atoms with Crippen LogP contribution in [0.4, 0.5) is 0 Å². The average Bonchev–Trinajstić information content (AvgIpc) is 3.00. The predicted molar refractivity (Wildman–Crippen MR) is 86.4 cm³/mol. The highest BCUT2D eigenvalue weighted by atomic mass is 16.5. The van der Waals surface area contributed by atoms with E-state index in [2.05, 4.69) is 5.32 Å². The van der Waals surface area contributed by atoms with Gasteiger partial charge in [-0.15, -0.1) is 0 Å². The molecular weight excluding hydrogens is 296 g/mol. The summed E-state index contributed by atoms with van der Waals surface area (Å²) in [5, 5.41) is 2.56. The number of rotatable bonds is 6. The maximum Gasteiger partial charge on any atom is 0.309 e. The molecule has 1 atom stereocenters. The molecular formula is C17H24N2O4. The minimum atomic E-state index is -0.975. The molecule has 2 amide bonds. The van der Waals surface area contributed by atoms with Crippen LogP contribution in [0.25, 0.3) is 0 Å². The second-order valence-corrected chi connectivity index (χ2v) is 5.95. The Morgan fingerprint density at radius 3 is 2.61 bits per heavy atom. The molecule has 0 aliphatic heterocycles. The first-order valence-electron chi connectivity index (χ1n) is 7.93. The summed E-state index contributed by atoms with van der Waals surface area (Å²) in [6, 6.07) is 5.52. The molecule has 23 heavy (non-hydrogen) atoms. The van der Waals surface area contributed by atoms with Gasteiger partial charge in [-0.2, -0.15) is 0 Å². The van der Waals surface area contributed by atoms with Crippen LogP contribution >= 0.6 is 0 Å². The fourth-order valence-corrected chi connectivity index (χ4v) is 2.83. The third-order valence-corrected chi connectivity index (χ3v) is 3.97. The first-order chi connectivity index (χ1) is 11.0. The standard InChI is InChI=1S/C17H24N2O4/c1-11(19-17(21)16(18)20)9-12-7-8-14(22-2)15(10-12)23-13-5-3-4-6-13/h7-8,10-11,13H,3-6,9H2,1-2H3,(H2,18,20)(H,19,21). The second kappa shape index (κ2) is 7.85. The Bertz CT molecular complexity index is 568. The van der Waals surface area contributed by atoms with Crippen LogP contribution in [0.15, 0.2) is 18.2 Å². The predicted octanol–water partition coefficient (Wildman–Crippen LogP) is 1.55. The van der Waals surface area contributed by atoms with Gasteiger partial charge in [-0.3, -0.25) is 9.59 Å². The third-order valence-electron chi connectivity index (χ3n) is 3.97. The molecule has 0 radical (unpaired) electrons. The number of hydrogen-bond acceptors (Lipinski definition) is 4. The van der Waals surface area contributed by atoms with Crippen molar-refractivity contribution in [3.05, 3.63) is 23.8 Å². The second-order valence-electron chi connectivity index (χ2n) is 5.95. The van der Waals surface area contributed by atoms with Gasteiger partial charge in [0.1, 0.15) is 0 Å². The van der Waals surface area contributed by atoms with Crippen molar-refractivity contribution in [3.63, 3.8) is 0 Å². The summed E-state index contributed by atoms with van der Waals surface area (Å²) in [6.07, 6.45) is 5.35. The molecule has 2 rings (SSSR count). The molecule has 3 N–H and O–H groups in total. The van der Waals surface area contributed by atoms with Crippen molar-refractivity contribution < 1.29 is 19.1 Å². The van der Waals surface area contributed by atoms with E-state index in [1.165, 1.54) is 12.8 Å². The summed E-state index contributed by atoms with van der Waals surface area (Å²) in [5.41, 5.74) is 5.94. The maximum absolute atomic E-state index is 11.3. The number of benzene rings is 1. The van der Waals surface area contributed by atoms with Crippen LogP contribution in [0.3, 0.4) is 0 Å². The minimum absolute atomic E-state index is 0.206. The molecule has 1 saturated carbocycles. The van der Waals surface area contributed by atoms with Gasteiger partial charge in [-0.05, 0) is 56.7 Å². The van der Waals surface area contributed by atoms with E-state index in [9.17, 15) is 9.59 Å². The van der Waals surface area contributed by atoms with Crippen LogP contribution in [0, 0.1) is 0 Å². The topological polar surface area (TPSA) is 90.6 Å². The van der Waals surface area contributed by atoms with Crippen LogP contribution < -0.4 is 20.5 Å². The lowest BCUT2D eigenvalue weighted by atomic mass is 10.1. The van der Waals surface area contributed by atoms with E-state index >= 15 is 0 Å². The monoisotopic (exact) mass is 320 g/mol. The van der Waals surface area contributed by atoms with Gasteiger partial charge in [-0.1, -0.05) is 6.07 Å². The van der Waals surface area contributed by atoms with E-state index in [4.69, 9.17) is 15.2 Å². The van der Waals surface area contributed by atoms with Gasteiger partial charge in [0.25, 0.3) is 0 Å². The zero-order valence-corrected chi connectivity index (χ0v) is 13.6. The maximum atomic E-state index is 11.3. The fourth-order valence-electron chi connectivity index (χ4n) is 2.83. The molecule has 126 valence electrons. The zero-order valence-electron chi connectivity index (χ0n) is 13.6. The molecule has 0 bridgehead atoms. The normalized spacial score (nSPS) is 15.9. The number of primary amides is 1. The van der Waals surface area contributed by atoms with Crippen LogP contribution in [-0.2, 0) is 16.0 Å². The molecule has 1 aliphatic rings. The van der Waals surface area contributed by atoms with E-state index in [1.807, 2.05) is 25.1 Å². The Kier molecular flexibility index (Phi) is 5.84. The average molecular weight is 320 g/mol. The molecule has 6 nitrogen and oxygen atoms in total. The number of carbonyl (C=O) groups excluding carboxylic acids is 2. The number of methoxy groups -OCH3 is 1. The zero-order chi connectivity index (χ0) is 16.8. The lowest BCUT2D eigenvalue weighted by molar-refractivity contribution is -0.137. The lowest BCUT2D eigenvalue weighted by Gasteiger charge is -2.18. The molecule has 1 aliphatic carbocycles. The molecule has 0 saturated heterocycles. The number of nitrogens with one attached hydrogen (secondary N) is 1. The summed E-state index contributed by atoms with van der Waals surface area (Å²) in [6.45, 7) is 1.82. The highest BCUT2D eigenvalue weighted by Gasteiger charge is 2.19. The smallest absolute Gasteiger partial charge is 0.309 e. The van der Waals surface area contributed by atoms with E-state index in [0.717, 1.165) is 24.2 Å². The van der Waals surface area contributed by atoms with Crippen molar-refractivity contribution in [2.24, 2.45) is 5.73 Å². The van der Waals surface area contributed by atoms with Crippen molar-refractivity contribution in [2.45, 2.75) is 51.2 Å². The summed E-state index contributed by atoms with van der Waals surface area (Å²) < 4.78 is 11.4. The Balaban J connectivity index is 2.04. The van der Waals surface area contributed by atoms with E-state index in [1.54, 1.807) is 7.11 Å². The van der Waals surface area contributed by atoms with E-state index in [0.29, 0.717) is 12.2 Å². The van der Waals surface area contributed by atoms with Crippen molar-refractivity contribution in [3.8, 4) is 11.5 Å². The molecule has 6 heteroatoms. The molecule has 1 fully saturated rings. The highest BCUT2D eigenvalue weighted by Crippen LogP contribution is 2.32. The number of amides is 2. The van der Waals surface area contributed by atoms with Crippen molar-refractivity contribution >= 4 is 11.8 Å². The third kappa shape index (κ3) is 4.87. The summed E-state index contributed by atoms with van der Waals surface area (Å²) in [7, 11) is 1.62. The SMILES string of the molecule is COc1ccc(CC(C)NC(=O)C(N)=O)cc1OC1CCCC1. The van der Waals surface area contributed by atoms with Gasteiger partial charge < -0.3 is 20.5 Å². The Morgan fingerprint density at radius 1 is 1.30 bits per heavy atom. The number of nitrogens with two attached hydrogens (primary N) is 1. The quantitative estimate of drug-likeness (QED) is 0.778. The fraction of sp³-hybridized carbons (Fsp3) is 0.529. The van der Waals surface area contributed by atoms with Crippen LogP contribution in [-0.4, -0.2) is 31.1 Å². The number of carbonyl (C=O) groups is 2. The Morgan fingerprint density at radius 2 is 2.00 bits per heavy atom. The first-order valence-corrected chi connectivity index (χ1v) is 7.93. The van der Waals surface area contributed by atoms with Gasteiger partial charge in [0, 0.05) is 6.04 Å². The molecule has 1 aromatic carbocycles. The molecule has 0 spiro atoms. The van der Waals surface area contributed by atoms with Gasteiger partial charge in [-0.25, -0.2) is 0 Å². The summed E-state index contributed by atoms with van der Waals surface area (Å²) >= 11 is 0.